The summed E-state index contributed by atoms with van der Waals surface area (Å²) >= 11 is 5.05. The Balaban J connectivity index is 1.88. The van der Waals surface area contributed by atoms with Gasteiger partial charge in [-0.25, -0.2) is 3.11 Å². The van der Waals surface area contributed by atoms with E-state index in [1.807, 2.05) is 0 Å². The van der Waals surface area contributed by atoms with Crippen LogP contribution < -0.4 is 0 Å². The highest BCUT2D eigenvalue weighted by atomic mass is 127. The highest BCUT2D eigenvalue weighted by molar-refractivity contribution is 14.1. The predicted octanol–water partition coefficient (Wildman–Crippen LogP) is 3.02. The zero-order valence-electron chi connectivity index (χ0n) is 6.52. The molecular weight excluding hydrogens is 364 g/mol. The van der Waals surface area contributed by atoms with Gasteiger partial charge in [0.2, 0.25) is 0 Å². The van der Waals surface area contributed by atoms with Crippen molar-refractivity contribution in [3.05, 3.63) is 0 Å². The topological polar surface area (TPSA) is 3.24 Å². The Hall–Kier alpha value is 1.42. The molecule has 0 atom stereocenters. The second kappa shape index (κ2) is 3.29. The number of hydrogen-bond donors (Lipinski definition) is 0. The molecule has 0 aromatic rings. The van der Waals surface area contributed by atoms with Crippen molar-refractivity contribution in [1.29, 1.82) is 0 Å². The maximum atomic E-state index is 2.60. The van der Waals surface area contributed by atoms with Gasteiger partial charge in [-0.05, 0) is 31.1 Å². The standard InChI is InChI=1S/C8H13I2N/c9-7-1-3-8(4-2-7)5-11(10)6-8/h7H,1-6H2. The van der Waals surface area contributed by atoms with Gasteiger partial charge in [0.25, 0.3) is 0 Å². The van der Waals surface area contributed by atoms with E-state index < -0.39 is 0 Å². The number of rotatable bonds is 0. The summed E-state index contributed by atoms with van der Waals surface area (Å²) in [6.45, 7) is 2.72. The Bertz CT molecular complexity index is 144. The van der Waals surface area contributed by atoms with Crippen molar-refractivity contribution in [2.24, 2.45) is 5.41 Å². The molecule has 3 heteroatoms. The average Bonchev–Trinajstić information content (AvgIpc) is 1.92. The molecule has 1 nitrogen and oxygen atoms in total. The molecular formula is C8H13I2N. The van der Waals surface area contributed by atoms with Crippen LogP contribution in [0.15, 0.2) is 0 Å². The Kier molecular flexibility index (Phi) is 2.69. The van der Waals surface area contributed by atoms with Gasteiger partial charge in [-0.15, -0.1) is 0 Å². The monoisotopic (exact) mass is 377 g/mol. The molecule has 0 N–H and O–H groups in total. The first-order chi connectivity index (χ1) is 5.20. The second-order valence-corrected chi connectivity index (χ2v) is 7.08. The summed E-state index contributed by atoms with van der Waals surface area (Å²) < 4.78 is 3.40. The highest BCUT2D eigenvalue weighted by Crippen LogP contribution is 2.46. The van der Waals surface area contributed by atoms with Gasteiger partial charge in [0.1, 0.15) is 0 Å². The van der Waals surface area contributed by atoms with E-state index in [4.69, 9.17) is 0 Å². The van der Waals surface area contributed by atoms with Crippen LogP contribution >= 0.6 is 45.5 Å². The zero-order valence-corrected chi connectivity index (χ0v) is 10.8. The van der Waals surface area contributed by atoms with Gasteiger partial charge < -0.3 is 0 Å². The van der Waals surface area contributed by atoms with Crippen molar-refractivity contribution in [2.75, 3.05) is 13.1 Å². The molecule has 64 valence electrons. The van der Waals surface area contributed by atoms with Crippen molar-refractivity contribution < 1.29 is 0 Å². The van der Waals surface area contributed by atoms with Crippen LogP contribution in [0.3, 0.4) is 0 Å². The number of hydrogen-bond acceptors (Lipinski definition) is 1. The van der Waals surface area contributed by atoms with E-state index in [0.29, 0.717) is 0 Å². The van der Waals surface area contributed by atoms with Gasteiger partial charge in [-0.2, -0.15) is 0 Å². The number of alkyl halides is 1. The summed E-state index contributed by atoms with van der Waals surface area (Å²) in [7, 11) is 0. The minimum absolute atomic E-state index is 0.767. The van der Waals surface area contributed by atoms with Gasteiger partial charge in [-0.1, -0.05) is 22.6 Å². The summed E-state index contributed by atoms with van der Waals surface area (Å²) in [5.41, 5.74) is 0.767. The van der Waals surface area contributed by atoms with E-state index >= 15 is 0 Å². The van der Waals surface area contributed by atoms with Crippen molar-refractivity contribution in [1.82, 2.24) is 3.11 Å². The van der Waals surface area contributed by atoms with Crippen LogP contribution in [0.4, 0.5) is 0 Å². The molecule has 0 amide bonds. The first-order valence-electron chi connectivity index (χ1n) is 4.25. The Morgan fingerprint density at radius 2 is 1.73 bits per heavy atom. The van der Waals surface area contributed by atoms with Crippen molar-refractivity contribution in [3.8, 4) is 0 Å². The quantitative estimate of drug-likeness (QED) is 0.357. The summed E-state index contributed by atoms with van der Waals surface area (Å²) in [6, 6.07) is 0. The molecule has 0 bridgehead atoms. The molecule has 2 fully saturated rings. The van der Waals surface area contributed by atoms with Crippen LogP contribution in [0.25, 0.3) is 0 Å². The molecule has 1 saturated carbocycles. The fraction of sp³-hybridized carbons (Fsp3) is 1.00. The molecule has 1 heterocycles. The predicted molar refractivity (Wildman–Crippen MR) is 64.3 cm³/mol. The van der Waals surface area contributed by atoms with Gasteiger partial charge >= 0.3 is 0 Å². The molecule has 0 aromatic carbocycles. The Morgan fingerprint density at radius 1 is 1.18 bits per heavy atom. The average molecular weight is 377 g/mol. The summed E-state index contributed by atoms with van der Waals surface area (Å²) in [5.74, 6) is 0. The Morgan fingerprint density at radius 3 is 2.18 bits per heavy atom. The highest BCUT2D eigenvalue weighted by Gasteiger charge is 2.43. The van der Waals surface area contributed by atoms with E-state index in [1.54, 1.807) is 0 Å². The van der Waals surface area contributed by atoms with Crippen LogP contribution in [0.1, 0.15) is 25.7 Å². The van der Waals surface area contributed by atoms with Gasteiger partial charge in [0.05, 0.1) is 0 Å². The molecule has 0 aromatic heterocycles. The van der Waals surface area contributed by atoms with Crippen LogP contribution in [0.5, 0.6) is 0 Å². The largest absolute Gasteiger partial charge is 0.246 e. The zero-order chi connectivity index (χ0) is 7.90. The lowest BCUT2D eigenvalue weighted by atomic mass is 9.70. The van der Waals surface area contributed by atoms with Crippen molar-refractivity contribution in [3.63, 3.8) is 0 Å². The lowest BCUT2D eigenvalue weighted by molar-refractivity contribution is 0.0538. The number of halogens is 2. The molecule has 2 rings (SSSR count). The summed E-state index contributed by atoms with van der Waals surface area (Å²) in [6.07, 6.45) is 5.90. The molecule has 0 unspecified atom stereocenters. The lowest BCUT2D eigenvalue weighted by Gasteiger charge is -2.50. The second-order valence-electron chi connectivity index (χ2n) is 3.95. The molecule has 0 radical (unpaired) electrons. The molecule has 11 heavy (non-hydrogen) atoms. The van der Waals surface area contributed by atoms with Gasteiger partial charge in [0.15, 0.2) is 0 Å². The van der Waals surface area contributed by atoms with E-state index in [2.05, 4.69) is 48.6 Å². The maximum absolute atomic E-state index is 2.60. The van der Waals surface area contributed by atoms with Crippen molar-refractivity contribution >= 4 is 45.5 Å². The van der Waals surface area contributed by atoms with Gasteiger partial charge in [-0.3, -0.25) is 0 Å². The SMILES string of the molecule is IC1CCC2(CC1)CN(I)C2. The van der Waals surface area contributed by atoms with Crippen LogP contribution in [0.2, 0.25) is 0 Å². The number of nitrogens with zero attached hydrogens (tertiary/aromatic N) is 1. The van der Waals surface area contributed by atoms with E-state index in [-0.39, 0.29) is 0 Å². The molecule has 2 aliphatic rings. The van der Waals surface area contributed by atoms with E-state index in [0.717, 1.165) is 9.34 Å². The first-order valence-corrected chi connectivity index (χ1v) is 6.46. The first kappa shape index (κ1) is 8.99. The van der Waals surface area contributed by atoms with Crippen LogP contribution in [-0.4, -0.2) is 20.1 Å². The van der Waals surface area contributed by atoms with E-state index in [1.165, 1.54) is 38.8 Å². The van der Waals surface area contributed by atoms with Gasteiger partial charge in [0, 0.05) is 39.9 Å². The summed E-state index contributed by atoms with van der Waals surface area (Å²) in [5, 5.41) is 0. The minimum Gasteiger partial charge on any atom is -0.246 e. The third-order valence-corrected chi connectivity index (χ3v) is 4.92. The maximum Gasteiger partial charge on any atom is 0.0201 e. The third-order valence-electron chi connectivity index (χ3n) is 2.99. The van der Waals surface area contributed by atoms with E-state index in [9.17, 15) is 0 Å². The normalized spacial score (nSPS) is 32.2. The summed E-state index contributed by atoms with van der Waals surface area (Å²) in [4.78, 5) is 0. The Labute approximate surface area is 95.9 Å². The van der Waals surface area contributed by atoms with Crippen molar-refractivity contribution in [2.45, 2.75) is 29.6 Å². The molecule has 1 aliphatic heterocycles. The fourth-order valence-corrected chi connectivity index (χ4v) is 4.26. The van der Waals surface area contributed by atoms with Crippen LogP contribution in [0, 0.1) is 5.41 Å². The molecule has 1 saturated heterocycles. The fourth-order valence-electron chi connectivity index (χ4n) is 2.19. The molecule has 1 aliphatic carbocycles. The third kappa shape index (κ3) is 1.85. The lowest BCUT2D eigenvalue weighted by Crippen LogP contribution is -2.53. The molecule has 1 spiro atoms. The smallest absolute Gasteiger partial charge is 0.0201 e. The minimum atomic E-state index is 0.767. The van der Waals surface area contributed by atoms with Crippen LogP contribution in [-0.2, 0) is 0 Å².